The number of amides is 2. The van der Waals surface area contributed by atoms with Gasteiger partial charge in [-0.05, 0) is 42.5 Å². The highest BCUT2D eigenvalue weighted by molar-refractivity contribution is 7.09. The fourth-order valence-electron chi connectivity index (χ4n) is 3.47. The highest BCUT2D eigenvalue weighted by Gasteiger charge is 2.22. The molecule has 3 aromatic rings. The molecule has 1 fully saturated rings. The minimum Gasteiger partial charge on any atom is -0.356 e. The number of piperidine rings is 1. The molecule has 2 amide bonds. The highest BCUT2D eigenvalue weighted by Crippen LogP contribution is 2.21. The van der Waals surface area contributed by atoms with E-state index in [1.54, 1.807) is 11.3 Å². The number of fused-ring (bicyclic) bond motifs is 1. The first-order valence-electron chi connectivity index (χ1n) is 9.15. The van der Waals surface area contributed by atoms with Crippen LogP contribution < -0.4 is 10.6 Å². The van der Waals surface area contributed by atoms with Gasteiger partial charge in [-0.3, -0.25) is 9.59 Å². The number of aromatic nitrogens is 2. The number of imidazole rings is 1. The van der Waals surface area contributed by atoms with Crippen molar-refractivity contribution in [2.24, 2.45) is 13.0 Å². The van der Waals surface area contributed by atoms with Crippen molar-refractivity contribution in [3.8, 4) is 0 Å². The van der Waals surface area contributed by atoms with Crippen LogP contribution in [-0.4, -0.2) is 34.5 Å². The van der Waals surface area contributed by atoms with Crippen molar-refractivity contribution in [3.63, 3.8) is 0 Å². The lowest BCUT2D eigenvalue weighted by molar-refractivity contribution is -0.126. The summed E-state index contributed by atoms with van der Waals surface area (Å²) in [6, 6.07) is 9.71. The standard InChI is InChI=1S/C20H22N4O2S/c1-24-17-7-6-13(19(25)22-12-14-4-2-8-21-20(14)26)10-16(17)23-18(24)11-15-5-3-9-27-15/h3,5-7,9-10,14H,2,4,8,11-12H2,1H3,(H,21,26)(H,22,25). The van der Waals surface area contributed by atoms with E-state index in [1.807, 2.05) is 31.3 Å². The van der Waals surface area contributed by atoms with Gasteiger partial charge in [-0.25, -0.2) is 4.98 Å². The number of thiophene rings is 1. The van der Waals surface area contributed by atoms with Gasteiger partial charge < -0.3 is 15.2 Å². The van der Waals surface area contributed by atoms with Crippen LogP contribution in [0.3, 0.4) is 0 Å². The van der Waals surface area contributed by atoms with Crippen LogP contribution in [0.2, 0.25) is 0 Å². The van der Waals surface area contributed by atoms with Crippen LogP contribution in [0.4, 0.5) is 0 Å². The Bertz CT molecular complexity index is 977. The summed E-state index contributed by atoms with van der Waals surface area (Å²) in [6.45, 7) is 1.10. The number of benzene rings is 1. The number of carbonyl (C=O) groups excluding carboxylic acids is 2. The van der Waals surface area contributed by atoms with Gasteiger partial charge in [0.1, 0.15) is 5.82 Å². The van der Waals surface area contributed by atoms with E-state index < -0.39 is 0 Å². The zero-order valence-electron chi connectivity index (χ0n) is 15.2. The average molecular weight is 382 g/mol. The Labute approximate surface area is 161 Å². The molecule has 2 aromatic heterocycles. The van der Waals surface area contributed by atoms with Gasteiger partial charge in [0, 0.05) is 37.0 Å². The molecule has 2 N–H and O–H groups in total. The Morgan fingerprint density at radius 1 is 1.41 bits per heavy atom. The van der Waals surface area contributed by atoms with E-state index in [1.165, 1.54) is 4.88 Å². The van der Waals surface area contributed by atoms with Gasteiger partial charge in [-0.15, -0.1) is 11.3 Å². The summed E-state index contributed by atoms with van der Waals surface area (Å²) < 4.78 is 2.07. The van der Waals surface area contributed by atoms with Crippen LogP contribution in [0, 0.1) is 5.92 Å². The predicted octanol–water partition coefficient (Wildman–Crippen LogP) is 2.48. The van der Waals surface area contributed by atoms with Crippen molar-refractivity contribution in [1.82, 2.24) is 20.2 Å². The van der Waals surface area contributed by atoms with E-state index in [2.05, 4.69) is 26.6 Å². The Balaban J connectivity index is 1.49. The van der Waals surface area contributed by atoms with E-state index >= 15 is 0 Å². The quantitative estimate of drug-likeness (QED) is 0.712. The summed E-state index contributed by atoms with van der Waals surface area (Å²) in [6.07, 6.45) is 2.55. The molecule has 1 aliphatic rings. The number of hydrogen-bond acceptors (Lipinski definition) is 4. The fourth-order valence-corrected chi connectivity index (χ4v) is 4.17. The third kappa shape index (κ3) is 3.73. The maximum absolute atomic E-state index is 12.5. The van der Waals surface area contributed by atoms with Crippen molar-refractivity contribution >= 4 is 34.2 Å². The first-order valence-corrected chi connectivity index (χ1v) is 10.0. The number of rotatable bonds is 5. The maximum atomic E-state index is 12.5. The minimum atomic E-state index is -0.166. The molecule has 1 atom stereocenters. The first-order chi connectivity index (χ1) is 13.1. The number of nitrogens with one attached hydrogen (secondary N) is 2. The molecule has 1 aliphatic heterocycles. The molecule has 4 rings (SSSR count). The Morgan fingerprint density at radius 2 is 2.30 bits per heavy atom. The Kier molecular flexibility index (Phi) is 4.94. The van der Waals surface area contributed by atoms with Crippen LogP contribution in [0.15, 0.2) is 35.7 Å². The van der Waals surface area contributed by atoms with E-state index in [-0.39, 0.29) is 17.7 Å². The average Bonchev–Trinajstić information content (AvgIpc) is 3.29. The molecule has 140 valence electrons. The van der Waals surface area contributed by atoms with Crippen molar-refractivity contribution in [2.75, 3.05) is 13.1 Å². The molecule has 0 aliphatic carbocycles. The number of aryl methyl sites for hydroxylation is 1. The Morgan fingerprint density at radius 3 is 3.07 bits per heavy atom. The lowest BCUT2D eigenvalue weighted by Crippen LogP contribution is -2.42. The second kappa shape index (κ2) is 7.52. The summed E-state index contributed by atoms with van der Waals surface area (Å²) in [7, 11) is 2.00. The molecule has 1 aromatic carbocycles. The molecule has 7 heteroatoms. The largest absolute Gasteiger partial charge is 0.356 e. The van der Waals surface area contributed by atoms with Crippen LogP contribution in [0.1, 0.15) is 33.9 Å². The van der Waals surface area contributed by atoms with Gasteiger partial charge in [-0.1, -0.05) is 6.07 Å². The topological polar surface area (TPSA) is 76.0 Å². The lowest BCUT2D eigenvalue weighted by Gasteiger charge is -2.21. The summed E-state index contributed by atoms with van der Waals surface area (Å²) >= 11 is 1.71. The predicted molar refractivity (Wildman–Crippen MR) is 106 cm³/mol. The van der Waals surface area contributed by atoms with Crippen molar-refractivity contribution in [2.45, 2.75) is 19.3 Å². The SMILES string of the molecule is Cn1c(Cc2cccs2)nc2cc(C(=O)NCC3CCCNC3=O)ccc21. The zero-order chi connectivity index (χ0) is 18.8. The van der Waals surface area contributed by atoms with Gasteiger partial charge in [0.2, 0.25) is 5.91 Å². The van der Waals surface area contributed by atoms with E-state index in [0.717, 1.165) is 42.7 Å². The molecule has 6 nitrogen and oxygen atoms in total. The Hall–Kier alpha value is -2.67. The normalized spacial score (nSPS) is 17.1. The van der Waals surface area contributed by atoms with Gasteiger partial charge >= 0.3 is 0 Å². The molecular formula is C20H22N4O2S. The van der Waals surface area contributed by atoms with Crippen LogP contribution >= 0.6 is 11.3 Å². The molecule has 0 bridgehead atoms. The van der Waals surface area contributed by atoms with Crippen molar-refractivity contribution in [3.05, 3.63) is 52.0 Å². The van der Waals surface area contributed by atoms with Gasteiger partial charge in [0.25, 0.3) is 5.91 Å². The monoisotopic (exact) mass is 382 g/mol. The molecule has 27 heavy (non-hydrogen) atoms. The smallest absolute Gasteiger partial charge is 0.251 e. The lowest BCUT2D eigenvalue weighted by atomic mass is 9.98. The van der Waals surface area contributed by atoms with Crippen LogP contribution in [0.5, 0.6) is 0 Å². The minimum absolute atomic E-state index is 0.0277. The van der Waals surface area contributed by atoms with Crippen LogP contribution in [0.25, 0.3) is 11.0 Å². The summed E-state index contributed by atoms with van der Waals surface area (Å²) in [4.78, 5) is 30.3. The molecule has 0 radical (unpaired) electrons. The summed E-state index contributed by atoms with van der Waals surface area (Å²) in [5, 5.41) is 7.80. The van der Waals surface area contributed by atoms with E-state index in [9.17, 15) is 9.59 Å². The molecular weight excluding hydrogens is 360 g/mol. The van der Waals surface area contributed by atoms with Gasteiger partial charge in [-0.2, -0.15) is 0 Å². The second-order valence-corrected chi connectivity index (χ2v) is 7.92. The van der Waals surface area contributed by atoms with Crippen molar-refractivity contribution in [1.29, 1.82) is 0 Å². The summed E-state index contributed by atoms with van der Waals surface area (Å²) in [5.41, 5.74) is 2.39. The number of nitrogens with zero attached hydrogens (tertiary/aromatic N) is 2. The fraction of sp³-hybridized carbons (Fsp3) is 0.350. The third-order valence-electron chi connectivity index (χ3n) is 5.06. The van der Waals surface area contributed by atoms with E-state index in [0.29, 0.717) is 12.1 Å². The molecule has 0 saturated carbocycles. The van der Waals surface area contributed by atoms with Crippen molar-refractivity contribution < 1.29 is 9.59 Å². The third-order valence-corrected chi connectivity index (χ3v) is 5.93. The number of hydrogen-bond donors (Lipinski definition) is 2. The molecule has 1 saturated heterocycles. The first kappa shape index (κ1) is 17.7. The molecule has 1 unspecified atom stereocenters. The molecule has 0 spiro atoms. The maximum Gasteiger partial charge on any atom is 0.251 e. The zero-order valence-corrected chi connectivity index (χ0v) is 16.0. The van der Waals surface area contributed by atoms with Gasteiger partial charge in [0.05, 0.1) is 17.0 Å². The second-order valence-electron chi connectivity index (χ2n) is 6.89. The van der Waals surface area contributed by atoms with Crippen LogP contribution in [-0.2, 0) is 18.3 Å². The van der Waals surface area contributed by atoms with E-state index in [4.69, 9.17) is 4.98 Å². The number of carbonyl (C=O) groups is 2. The van der Waals surface area contributed by atoms with Gasteiger partial charge in [0.15, 0.2) is 0 Å². The molecule has 3 heterocycles. The summed E-state index contributed by atoms with van der Waals surface area (Å²) in [5.74, 6) is 0.697. The highest BCUT2D eigenvalue weighted by atomic mass is 32.1.